The van der Waals surface area contributed by atoms with Gasteiger partial charge in [0, 0.05) is 24.2 Å². The molecule has 100 valence electrons. The molecule has 1 saturated heterocycles. The van der Waals surface area contributed by atoms with Gasteiger partial charge in [-0.1, -0.05) is 24.6 Å². The van der Waals surface area contributed by atoms with E-state index in [1.165, 1.54) is 25.0 Å². The number of hydrogen-bond acceptors (Lipinski definition) is 2. The maximum Gasteiger partial charge on any atom is 0.124 e. The maximum absolute atomic E-state index is 13.0. The number of nitrogens with zero attached hydrogens (tertiary/aromatic N) is 1. The van der Waals surface area contributed by atoms with E-state index in [9.17, 15) is 4.39 Å². The first kappa shape index (κ1) is 13.8. The first-order chi connectivity index (χ1) is 8.70. The third kappa shape index (κ3) is 3.44. The fourth-order valence-electron chi connectivity index (χ4n) is 2.51. The van der Waals surface area contributed by atoms with Crippen LogP contribution >= 0.6 is 11.6 Å². The molecule has 0 amide bonds. The Hall–Kier alpha value is -0.640. The first-order valence-electron chi connectivity index (χ1n) is 6.59. The highest BCUT2D eigenvalue weighted by atomic mass is 35.5. The van der Waals surface area contributed by atoms with E-state index in [0.29, 0.717) is 11.1 Å². The van der Waals surface area contributed by atoms with Gasteiger partial charge in [0.2, 0.25) is 0 Å². The second-order valence-corrected chi connectivity index (χ2v) is 5.21. The van der Waals surface area contributed by atoms with E-state index in [0.717, 1.165) is 31.7 Å². The van der Waals surface area contributed by atoms with Crippen molar-refractivity contribution in [3.63, 3.8) is 0 Å². The molecule has 0 aromatic heterocycles. The van der Waals surface area contributed by atoms with Crippen LogP contribution in [0.25, 0.3) is 0 Å². The van der Waals surface area contributed by atoms with Crippen LogP contribution in [0.15, 0.2) is 18.2 Å². The molecule has 0 saturated carbocycles. The van der Waals surface area contributed by atoms with Gasteiger partial charge in [-0.3, -0.25) is 4.90 Å². The van der Waals surface area contributed by atoms with Crippen LogP contribution in [-0.4, -0.2) is 30.6 Å². The van der Waals surface area contributed by atoms with E-state index in [2.05, 4.69) is 17.1 Å². The number of hydrogen-bond donors (Lipinski definition) is 1. The third-order valence-electron chi connectivity index (χ3n) is 3.58. The molecule has 0 spiro atoms. The molecule has 1 aromatic carbocycles. The Morgan fingerprint density at radius 2 is 2.33 bits per heavy atom. The monoisotopic (exact) mass is 270 g/mol. The summed E-state index contributed by atoms with van der Waals surface area (Å²) in [5.74, 6) is -0.272. The van der Waals surface area contributed by atoms with Crippen LogP contribution in [0.3, 0.4) is 0 Å². The molecule has 0 bridgehead atoms. The highest BCUT2D eigenvalue weighted by Crippen LogP contribution is 2.21. The SMILES string of the molecule is CCN(Cc1ccc(F)cc1Cl)C1CCCNC1. The fraction of sp³-hybridized carbons (Fsp3) is 0.571. The molecule has 1 N–H and O–H groups in total. The average molecular weight is 271 g/mol. The van der Waals surface area contributed by atoms with Gasteiger partial charge in [0.15, 0.2) is 0 Å². The van der Waals surface area contributed by atoms with E-state index in [1.807, 2.05) is 0 Å². The zero-order chi connectivity index (χ0) is 13.0. The molecule has 1 aromatic rings. The van der Waals surface area contributed by atoms with Crippen molar-refractivity contribution < 1.29 is 4.39 Å². The van der Waals surface area contributed by atoms with Crippen molar-refractivity contribution in [1.29, 1.82) is 0 Å². The second-order valence-electron chi connectivity index (χ2n) is 4.80. The smallest absolute Gasteiger partial charge is 0.124 e. The van der Waals surface area contributed by atoms with E-state index in [1.54, 1.807) is 6.07 Å². The van der Waals surface area contributed by atoms with Gasteiger partial charge in [0.1, 0.15) is 5.82 Å². The van der Waals surface area contributed by atoms with Gasteiger partial charge in [-0.15, -0.1) is 0 Å². The van der Waals surface area contributed by atoms with Gasteiger partial charge in [0.25, 0.3) is 0 Å². The molecule has 1 atom stereocenters. The number of nitrogens with one attached hydrogen (secondary N) is 1. The molecule has 2 nitrogen and oxygen atoms in total. The van der Waals surface area contributed by atoms with Gasteiger partial charge < -0.3 is 5.32 Å². The topological polar surface area (TPSA) is 15.3 Å². The maximum atomic E-state index is 13.0. The van der Waals surface area contributed by atoms with Gasteiger partial charge in [-0.2, -0.15) is 0 Å². The van der Waals surface area contributed by atoms with Gasteiger partial charge in [-0.05, 0) is 43.6 Å². The summed E-state index contributed by atoms with van der Waals surface area (Å²) in [6.07, 6.45) is 2.44. The molecule has 18 heavy (non-hydrogen) atoms. The minimum atomic E-state index is -0.272. The zero-order valence-corrected chi connectivity index (χ0v) is 11.5. The van der Waals surface area contributed by atoms with Gasteiger partial charge in [-0.25, -0.2) is 4.39 Å². The van der Waals surface area contributed by atoms with E-state index < -0.39 is 0 Å². The second kappa shape index (κ2) is 6.50. The Labute approximate surface area is 113 Å². The Morgan fingerprint density at radius 3 is 2.94 bits per heavy atom. The van der Waals surface area contributed by atoms with E-state index in [-0.39, 0.29) is 5.82 Å². The van der Waals surface area contributed by atoms with E-state index in [4.69, 9.17) is 11.6 Å². The molecule has 1 aliphatic heterocycles. The summed E-state index contributed by atoms with van der Waals surface area (Å²) in [4.78, 5) is 2.41. The molecular weight excluding hydrogens is 251 g/mol. The van der Waals surface area contributed by atoms with Gasteiger partial charge in [0.05, 0.1) is 0 Å². The number of piperidine rings is 1. The molecule has 1 unspecified atom stereocenters. The minimum absolute atomic E-state index is 0.272. The molecule has 0 aliphatic carbocycles. The number of halogens is 2. The Morgan fingerprint density at radius 1 is 1.50 bits per heavy atom. The quantitative estimate of drug-likeness (QED) is 0.905. The largest absolute Gasteiger partial charge is 0.315 e. The average Bonchev–Trinajstić information content (AvgIpc) is 2.39. The lowest BCUT2D eigenvalue weighted by atomic mass is 10.0. The summed E-state index contributed by atoms with van der Waals surface area (Å²) in [7, 11) is 0. The van der Waals surface area contributed by atoms with Crippen LogP contribution in [0.5, 0.6) is 0 Å². The molecular formula is C14H20ClFN2. The molecule has 2 rings (SSSR count). The van der Waals surface area contributed by atoms with Gasteiger partial charge >= 0.3 is 0 Å². The van der Waals surface area contributed by atoms with Crippen LogP contribution in [0.2, 0.25) is 5.02 Å². The minimum Gasteiger partial charge on any atom is -0.315 e. The molecule has 0 radical (unpaired) electrons. The predicted octanol–water partition coefficient (Wildman–Crippen LogP) is 3.05. The normalized spacial score (nSPS) is 20.3. The number of benzene rings is 1. The Bertz CT molecular complexity index is 391. The van der Waals surface area contributed by atoms with Crippen LogP contribution in [0.4, 0.5) is 4.39 Å². The lowest BCUT2D eigenvalue weighted by Crippen LogP contribution is -2.45. The summed E-state index contributed by atoms with van der Waals surface area (Å²) in [5, 5.41) is 3.95. The molecule has 1 fully saturated rings. The summed E-state index contributed by atoms with van der Waals surface area (Å²) in [5.41, 5.74) is 1.01. The predicted molar refractivity (Wildman–Crippen MR) is 73.4 cm³/mol. The molecule has 1 aliphatic rings. The zero-order valence-electron chi connectivity index (χ0n) is 10.8. The Balaban J connectivity index is 2.04. The fourth-order valence-corrected chi connectivity index (χ4v) is 2.74. The van der Waals surface area contributed by atoms with Crippen molar-refractivity contribution in [2.24, 2.45) is 0 Å². The summed E-state index contributed by atoms with van der Waals surface area (Å²) in [6, 6.07) is 5.22. The van der Waals surface area contributed by atoms with Crippen LogP contribution in [0.1, 0.15) is 25.3 Å². The van der Waals surface area contributed by atoms with Crippen molar-refractivity contribution >= 4 is 11.6 Å². The highest BCUT2D eigenvalue weighted by molar-refractivity contribution is 6.31. The highest BCUT2D eigenvalue weighted by Gasteiger charge is 2.20. The van der Waals surface area contributed by atoms with E-state index >= 15 is 0 Å². The van der Waals surface area contributed by atoms with Crippen molar-refractivity contribution in [1.82, 2.24) is 10.2 Å². The standard InChI is InChI=1S/C14H20ClFN2/c1-2-18(13-4-3-7-17-9-13)10-11-5-6-12(16)8-14(11)15/h5-6,8,13,17H,2-4,7,9-10H2,1H3. The number of rotatable bonds is 4. The van der Waals surface area contributed by atoms with Crippen molar-refractivity contribution in [3.05, 3.63) is 34.6 Å². The summed E-state index contributed by atoms with van der Waals surface area (Å²) in [6.45, 7) is 6.09. The van der Waals surface area contributed by atoms with Crippen molar-refractivity contribution in [3.8, 4) is 0 Å². The Kier molecular flexibility index (Phi) is 4.98. The summed E-state index contributed by atoms with van der Waals surface area (Å²) < 4.78 is 13.0. The van der Waals surface area contributed by atoms with Crippen LogP contribution in [0, 0.1) is 5.82 Å². The molecule has 1 heterocycles. The van der Waals surface area contributed by atoms with Crippen molar-refractivity contribution in [2.75, 3.05) is 19.6 Å². The summed E-state index contributed by atoms with van der Waals surface area (Å²) >= 11 is 6.09. The van der Waals surface area contributed by atoms with Crippen LogP contribution < -0.4 is 5.32 Å². The lowest BCUT2D eigenvalue weighted by Gasteiger charge is -2.34. The third-order valence-corrected chi connectivity index (χ3v) is 3.93. The lowest BCUT2D eigenvalue weighted by molar-refractivity contribution is 0.166. The molecule has 4 heteroatoms. The number of likely N-dealkylation sites (N-methyl/N-ethyl adjacent to an activating group) is 1. The van der Waals surface area contributed by atoms with Crippen LogP contribution in [-0.2, 0) is 6.54 Å². The van der Waals surface area contributed by atoms with Crippen molar-refractivity contribution in [2.45, 2.75) is 32.4 Å². The first-order valence-corrected chi connectivity index (χ1v) is 6.97.